The Kier molecular flexibility index (Phi) is 6.22. The molecule has 0 aliphatic rings. The van der Waals surface area contributed by atoms with Gasteiger partial charge >= 0.3 is 0 Å². The number of hydrogen-bond donors (Lipinski definition) is 1. The number of nitrogens with one attached hydrogen (secondary N) is 1. The number of nitrogens with zero attached hydrogens (tertiary/aromatic N) is 3. The van der Waals surface area contributed by atoms with Crippen LogP contribution in [0.4, 0.5) is 0 Å². The van der Waals surface area contributed by atoms with Crippen LogP contribution in [0.5, 0.6) is 0 Å². The lowest BCUT2D eigenvalue weighted by Gasteiger charge is -2.17. The fraction of sp³-hybridized carbons (Fsp3) is 0.769. The Hall–Kier alpha value is -0.870. The van der Waals surface area contributed by atoms with Gasteiger partial charge in [0.1, 0.15) is 0 Å². The molecule has 0 aliphatic heterocycles. The van der Waals surface area contributed by atoms with E-state index in [9.17, 15) is 0 Å². The second kappa shape index (κ2) is 7.45. The van der Waals surface area contributed by atoms with E-state index in [1.165, 1.54) is 24.2 Å². The summed E-state index contributed by atoms with van der Waals surface area (Å²) in [7, 11) is 1.99. The van der Waals surface area contributed by atoms with Crippen molar-refractivity contribution in [1.29, 1.82) is 0 Å². The first-order valence-electron chi connectivity index (χ1n) is 6.59. The Morgan fingerprint density at radius 1 is 1.35 bits per heavy atom. The Balaban J connectivity index is 2.14. The molecule has 17 heavy (non-hydrogen) atoms. The van der Waals surface area contributed by atoms with Gasteiger partial charge in [-0.25, -0.2) is 0 Å². The second-order valence-corrected chi connectivity index (χ2v) is 4.44. The van der Waals surface area contributed by atoms with Gasteiger partial charge in [-0.3, -0.25) is 4.68 Å². The van der Waals surface area contributed by atoms with Gasteiger partial charge in [-0.2, -0.15) is 5.10 Å². The zero-order chi connectivity index (χ0) is 12.7. The molecule has 0 aromatic carbocycles. The monoisotopic (exact) mass is 238 g/mol. The van der Waals surface area contributed by atoms with Gasteiger partial charge in [0.2, 0.25) is 0 Å². The predicted octanol–water partition coefficient (Wildman–Crippen LogP) is 1.55. The van der Waals surface area contributed by atoms with Crippen LogP contribution in [-0.4, -0.2) is 40.9 Å². The summed E-state index contributed by atoms with van der Waals surface area (Å²) in [6, 6.07) is 0. The molecular weight excluding hydrogens is 212 g/mol. The Labute approximate surface area is 105 Å². The zero-order valence-electron chi connectivity index (χ0n) is 11.7. The van der Waals surface area contributed by atoms with Gasteiger partial charge in [0.25, 0.3) is 0 Å². The van der Waals surface area contributed by atoms with Crippen molar-refractivity contribution in [2.45, 2.75) is 33.7 Å². The van der Waals surface area contributed by atoms with Crippen LogP contribution in [0.2, 0.25) is 0 Å². The average molecular weight is 238 g/mol. The molecule has 0 aliphatic carbocycles. The highest BCUT2D eigenvalue weighted by Gasteiger charge is 2.02. The number of rotatable bonds is 8. The van der Waals surface area contributed by atoms with Gasteiger partial charge in [0.05, 0.1) is 6.20 Å². The number of aryl methyl sites for hydroxylation is 1. The van der Waals surface area contributed by atoms with E-state index < -0.39 is 0 Å². The van der Waals surface area contributed by atoms with E-state index >= 15 is 0 Å². The first-order valence-corrected chi connectivity index (χ1v) is 6.59. The Bertz CT molecular complexity index is 315. The van der Waals surface area contributed by atoms with E-state index in [2.05, 4.69) is 36.1 Å². The minimum atomic E-state index is 0.928. The van der Waals surface area contributed by atoms with Gasteiger partial charge in [-0.1, -0.05) is 13.8 Å². The molecular formula is C13H26N4. The summed E-state index contributed by atoms with van der Waals surface area (Å²) in [5.74, 6) is 0. The third-order valence-corrected chi connectivity index (χ3v) is 3.37. The molecule has 4 nitrogen and oxygen atoms in total. The largest absolute Gasteiger partial charge is 0.312 e. The van der Waals surface area contributed by atoms with Crippen LogP contribution in [0.3, 0.4) is 0 Å². The van der Waals surface area contributed by atoms with Crippen molar-refractivity contribution in [2.75, 3.05) is 26.2 Å². The lowest BCUT2D eigenvalue weighted by Crippen LogP contribution is -2.27. The van der Waals surface area contributed by atoms with Gasteiger partial charge in [0, 0.05) is 24.8 Å². The minimum Gasteiger partial charge on any atom is -0.312 e. The third-order valence-electron chi connectivity index (χ3n) is 3.37. The fourth-order valence-corrected chi connectivity index (χ4v) is 1.91. The van der Waals surface area contributed by atoms with Crippen molar-refractivity contribution in [3.63, 3.8) is 0 Å². The highest BCUT2D eigenvalue weighted by atomic mass is 15.3. The molecule has 0 radical (unpaired) electrons. The Morgan fingerprint density at radius 3 is 2.59 bits per heavy atom. The summed E-state index contributed by atoms with van der Waals surface area (Å²) in [4.78, 5) is 2.46. The van der Waals surface area contributed by atoms with Crippen LogP contribution in [0, 0.1) is 6.92 Å². The second-order valence-electron chi connectivity index (χ2n) is 4.44. The van der Waals surface area contributed by atoms with Gasteiger partial charge < -0.3 is 10.2 Å². The topological polar surface area (TPSA) is 33.1 Å². The molecule has 0 spiro atoms. The molecule has 1 aromatic heterocycles. The van der Waals surface area contributed by atoms with Crippen molar-refractivity contribution >= 4 is 0 Å². The molecule has 0 bridgehead atoms. The fourth-order valence-electron chi connectivity index (χ4n) is 1.91. The van der Waals surface area contributed by atoms with Crippen LogP contribution < -0.4 is 5.32 Å². The molecule has 4 heteroatoms. The summed E-state index contributed by atoms with van der Waals surface area (Å²) in [6.45, 7) is 12.0. The third kappa shape index (κ3) is 4.48. The van der Waals surface area contributed by atoms with Crippen LogP contribution in [0.25, 0.3) is 0 Å². The van der Waals surface area contributed by atoms with E-state index in [0.717, 1.165) is 26.2 Å². The highest BCUT2D eigenvalue weighted by Crippen LogP contribution is 2.04. The standard InChI is InChI=1S/C13H26N4/c1-5-17(6-2)9-7-8-14-10-13-11-15-16(4)12(13)3/h11,14H,5-10H2,1-4H3. The predicted molar refractivity (Wildman–Crippen MR) is 72.1 cm³/mol. The minimum absolute atomic E-state index is 0.928. The summed E-state index contributed by atoms with van der Waals surface area (Å²) < 4.78 is 1.92. The molecule has 0 amide bonds. The zero-order valence-corrected chi connectivity index (χ0v) is 11.7. The van der Waals surface area contributed by atoms with E-state index in [0.29, 0.717) is 0 Å². The molecule has 1 N–H and O–H groups in total. The maximum Gasteiger partial charge on any atom is 0.0537 e. The molecule has 0 fully saturated rings. The summed E-state index contributed by atoms with van der Waals surface area (Å²) in [5, 5.41) is 7.72. The number of aromatic nitrogens is 2. The molecule has 0 saturated heterocycles. The van der Waals surface area contributed by atoms with Crippen LogP contribution in [-0.2, 0) is 13.6 Å². The molecule has 0 saturated carbocycles. The quantitative estimate of drug-likeness (QED) is 0.698. The van der Waals surface area contributed by atoms with E-state index in [1.54, 1.807) is 0 Å². The van der Waals surface area contributed by atoms with E-state index in [1.807, 2.05) is 17.9 Å². The van der Waals surface area contributed by atoms with Gasteiger partial charge in [-0.15, -0.1) is 0 Å². The first-order chi connectivity index (χ1) is 8.19. The van der Waals surface area contributed by atoms with Crippen molar-refractivity contribution in [2.24, 2.45) is 7.05 Å². The molecule has 1 aromatic rings. The van der Waals surface area contributed by atoms with Crippen molar-refractivity contribution < 1.29 is 0 Å². The Morgan fingerprint density at radius 2 is 2.06 bits per heavy atom. The molecule has 0 unspecified atom stereocenters. The normalized spacial score (nSPS) is 11.4. The maximum atomic E-state index is 4.24. The van der Waals surface area contributed by atoms with Crippen LogP contribution in [0.15, 0.2) is 6.20 Å². The van der Waals surface area contributed by atoms with Gasteiger partial charge in [-0.05, 0) is 39.5 Å². The lowest BCUT2D eigenvalue weighted by molar-refractivity contribution is 0.298. The van der Waals surface area contributed by atoms with E-state index in [4.69, 9.17) is 0 Å². The smallest absolute Gasteiger partial charge is 0.0537 e. The summed E-state index contributed by atoms with van der Waals surface area (Å²) >= 11 is 0. The number of hydrogen-bond acceptors (Lipinski definition) is 3. The van der Waals surface area contributed by atoms with Crippen LogP contribution in [0.1, 0.15) is 31.5 Å². The molecule has 1 rings (SSSR count). The lowest BCUT2D eigenvalue weighted by atomic mass is 10.2. The summed E-state index contributed by atoms with van der Waals surface area (Å²) in [6.07, 6.45) is 3.16. The maximum absolute atomic E-state index is 4.24. The molecule has 0 atom stereocenters. The van der Waals surface area contributed by atoms with Crippen molar-refractivity contribution in [3.8, 4) is 0 Å². The van der Waals surface area contributed by atoms with Crippen molar-refractivity contribution in [1.82, 2.24) is 20.0 Å². The van der Waals surface area contributed by atoms with Crippen molar-refractivity contribution in [3.05, 3.63) is 17.5 Å². The molecule has 1 heterocycles. The van der Waals surface area contributed by atoms with E-state index in [-0.39, 0.29) is 0 Å². The average Bonchev–Trinajstić information content (AvgIpc) is 2.65. The highest BCUT2D eigenvalue weighted by molar-refractivity contribution is 5.15. The molecule has 98 valence electrons. The van der Waals surface area contributed by atoms with Gasteiger partial charge in [0.15, 0.2) is 0 Å². The first kappa shape index (κ1) is 14.2. The SMILES string of the molecule is CCN(CC)CCCNCc1cnn(C)c1C. The van der Waals surface area contributed by atoms with Crippen LogP contribution >= 0.6 is 0 Å². The summed E-state index contributed by atoms with van der Waals surface area (Å²) in [5.41, 5.74) is 2.55.